The highest BCUT2D eigenvalue weighted by molar-refractivity contribution is 7.86. The number of hydrogen-bond donors (Lipinski definition) is 1. The second kappa shape index (κ2) is 10.3. The molecule has 0 aliphatic carbocycles. The molecule has 2 N–H and O–H groups in total. The third-order valence-electron chi connectivity index (χ3n) is 4.90. The van der Waals surface area contributed by atoms with Gasteiger partial charge in [-0.05, 0) is 5.56 Å². The smallest absolute Gasteiger partial charge is 0.351 e. The van der Waals surface area contributed by atoms with E-state index in [0.29, 0.717) is 12.0 Å². The van der Waals surface area contributed by atoms with Gasteiger partial charge in [-0.15, -0.1) is 0 Å². The van der Waals surface area contributed by atoms with Gasteiger partial charge < -0.3 is 19.9 Å². The molecule has 34 heavy (non-hydrogen) atoms. The minimum Gasteiger partial charge on any atom is -0.463 e. The van der Waals surface area contributed by atoms with Crippen LogP contribution in [-0.2, 0) is 44.5 Å². The van der Waals surface area contributed by atoms with Crippen LogP contribution in [0.2, 0.25) is 0 Å². The number of carbonyl (C=O) groups is 2. The lowest BCUT2D eigenvalue weighted by Gasteiger charge is -2.24. The molecule has 1 aliphatic heterocycles. The van der Waals surface area contributed by atoms with Crippen molar-refractivity contribution in [1.82, 2.24) is 9.55 Å². The minimum absolute atomic E-state index is 0.00698. The maximum Gasteiger partial charge on any atom is 0.351 e. The van der Waals surface area contributed by atoms with E-state index >= 15 is 0 Å². The number of anilines is 1. The van der Waals surface area contributed by atoms with Crippen molar-refractivity contribution >= 4 is 27.9 Å². The maximum atomic E-state index is 12.7. The highest BCUT2D eigenvalue weighted by Crippen LogP contribution is 2.34. The lowest BCUT2D eigenvalue weighted by Crippen LogP contribution is -2.42. The summed E-state index contributed by atoms with van der Waals surface area (Å²) in [6.07, 6.45) is -2.72. The van der Waals surface area contributed by atoms with Gasteiger partial charge in [0.15, 0.2) is 12.3 Å². The lowest BCUT2D eigenvalue weighted by molar-refractivity contribution is -0.155. The number of carbonyl (C=O) groups excluding carboxylic acids is 2. The predicted molar refractivity (Wildman–Crippen MR) is 118 cm³/mol. The number of aromatic nitrogens is 2. The van der Waals surface area contributed by atoms with Gasteiger partial charge in [-0.2, -0.15) is 13.4 Å². The second-order valence-corrected chi connectivity index (χ2v) is 9.31. The average molecular weight is 496 g/mol. The number of nitrogens with zero attached hydrogens (tertiary/aromatic N) is 2. The molecule has 0 radical (unpaired) electrons. The summed E-state index contributed by atoms with van der Waals surface area (Å²) in [6, 6.07) is 9.28. The molecule has 0 amide bonds. The van der Waals surface area contributed by atoms with Gasteiger partial charge in [-0.25, -0.2) is 4.79 Å². The van der Waals surface area contributed by atoms with Crippen LogP contribution in [0.1, 0.15) is 31.2 Å². The molecule has 1 aliphatic rings. The van der Waals surface area contributed by atoms with Gasteiger partial charge in [0.1, 0.15) is 24.6 Å². The van der Waals surface area contributed by atoms with E-state index in [1.807, 2.05) is 30.3 Å². The fourth-order valence-corrected chi connectivity index (χ4v) is 4.19. The molecule has 0 bridgehead atoms. The van der Waals surface area contributed by atoms with Gasteiger partial charge in [0.25, 0.3) is 10.1 Å². The number of nitrogen functional groups attached to an aromatic ring is 1. The molecule has 0 spiro atoms. The van der Waals surface area contributed by atoms with E-state index in [2.05, 4.69) is 4.98 Å². The van der Waals surface area contributed by atoms with Crippen LogP contribution in [0.5, 0.6) is 0 Å². The zero-order valence-corrected chi connectivity index (χ0v) is 19.6. The molecule has 0 saturated carbocycles. The van der Waals surface area contributed by atoms with Gasteiger partial charge >= 0.3 is 17.6 Å². The van der Waals surface area contributed by atoms with E-state index in [1.54, 1.807) is 0 Å². The topological polar surface area (TPSA) is 166 Å². The van der Waals surface area contributed by atoms with Crippen LogP contribution in [0.4, 0.5) is 5.82 Å². The predicted octanol–water partition coefficient (Wildman–Crippen LogP) is 0.153. The summed E-state index contributed by atoms with van der Waals surface area (Å²) in [5.41, 5.74) is 6.53. The Labute approximate surface area is 195 Å². The largest absolute Gasteiger partial charge is 0.463 e. The Kier molecular flexibility index (Phi) is 7.69. The first-order valence-electron chi connectivity index (χ1n) is 10.2. The molecule has 3 rings (SSSR count). The van der Waals surface area contributed by atoms with Crippen molar-refractivity contribution in [3.05, 3.63) is 58.1 Å². The Morgan fingerprint density at radius 3 is 2.41 bits per heavy atom. The molecule has 13 heteroatoms. The highest BCUT2D eigenvalue weighted by atomic mass is 32.2. The normalized spacial score (nSPS) is 22.3. The first-order valence-corrected chi connectivity index (χ1v) is 12.0. The maximum absolute atomic E-state index is 12.7. The fraction of sp³-hybridized carbons (Fsp3) is 0.429. The summed E-state index contributed by atoms with van der Waals surface area (Å²) in [5, 5.41) is 0. The summed E-state index contributed by atoms with van der Waals surface area (Å²) >= 11 is 0. The fourth-order valence-electron chi connectivity index (χ4n) is 3.56. The van der Waals surface area contributed by atoms with Crippen LogP contribution in [0.3, 0.4) is 0 Å². The monoisotopic (exact) mass is 495 g/mol. The molecule has 0 unspecified atom stereocenters. The standard InChI is InChI=1S/C21H25N3O9S/c1-12(25)30-11-16-17(33-34(3,28)29)18(31-13(2)26)20(32-16)24-10-15(19(22)23-21(24)27)9-14-7-5-4-6-8-14/h4-8,10,16-18,20H,9,11H2,1-3H3,(H2,22,23,27)/t16-,17+,18-,20-/m1/s1. The van der Waals surface area contributed by atoms with Gasteiger partial charge in [-0.1, -0.05) is 30.3 Å². The van der Waals surface area contributed by atoms with E-state index in [9.17, 15) is 22.8 Å². The molecule has 1 saturated heterocycles. The molecule has 1 fully saturated rings. The molecule has 4 atom stereocenters. The second-order valence-electron chi connectivity index (χ2n) is 7.71. The van der Waals surface area contributed by atoms with Gasteiger partial charge in [0.2, 0.25) is 0 Å². The summed E-state index contributed by atoms with van der Waals surface area (Å²) in [5.74, 6) is -1.41. The Bertz CT molecular complexity index is 1210. The van der Waals surface area contributed by atoms with E-state index < -0.39 is 58.9 Å². The minimum atomic E-state index is -4.05. The number of benzene rings is 1. The Morgan fingerprint density at radius 1 is 1.15 bits per heavy atom. The summed E-state index contributed by atoms with van der Waals surface area (Å²) in [6.45, 7) is 1.86. The van der Waals surface area contributed by atoms with Crippen molar-refractivity contribution in [3.63, 3.8) is 0 Å². The Balaban J connectivity index is 2.04. The third kappa shape index (κ3) is 6.40. The van der Waals surface area contributed by atoms with Crippen LogP contribution >= 0.6 is 0 Å². The zero-order valence-electron chi connectivity index (χ0n) is 18.7. The molecule has 12 nitrogen and oxygen atoms in total. The summed E-state index contributed by atoms with van der Waals surface area (Å²) < 4.78 is 46.0. The number of hydrogen-bond acceptors (Lipinski definition) is 11. The molecule has 2 aromatic rings. The van der Waals surface area contributed by atoms with Crippen LogP contribution in [0, 0.1) is 0 Å². The zero-order chi connectivity index (χ0) is 25.0. The van der Waals surface area contributed by atoms with Crippen LogP contribution in [0.15, 0.2) is 41.3 Å². The van der Waals surface area contributed by atoms with Crippen molar-refractivity contribution in [2.24, 2.45) is 0 Å². The van der Waals surface area contributed by atoms with E-state index in [4.69, 9.17) is 24.1 Å². The summed E-state index contributed by atoms with van der Waals surface area (Å²) in [7, 11) is -4.05. The van der Waals surface area contributed by atoms with E-state index in [1.165, 1.54) is 6.20 Å². The van der Waals surface area contributed by atoms with E-state index in [-0.39, 0.29) is 5.82 Å². The van der Waals surface area contributed by atoms with Crippen LogP contribution < -0.4 is 11.4 Å². The SMILES string of the molecule is CC(=O)OC[C@H]1O[C@@H](n2cc(Cc3ccccc3)c(N)nc2=O)[C@H](OC(C)=O)[C@H]1OS(C)(=O)=O. The van der Waals surface area contributed by atoms with Gasteiger partial charge in [-0.3, -0.25) is 18.3 Å². The molecular formula is C21H25N3O9S. The van der Waals surface area contributed by atoms with Gasteiger partial charge in [0.05, 0.1) is 6.26 Å². The number of rotatable bonds is 8. The van der Waals surface area contributed by atoms with Crippen LogP contribution in [-0.4, -0.2) is 61.1 Å². The van der Waals surface area contributed by atoms with Crippen molar-refractivity contribution in [3.8, 4) is 0 Å². The summed E-state index contributed by atoms with van der Waals surface area (Å²) in [4.78, 5) is 39.7. The highest BCUT2D eigenvalue weighted by Gasteiger charge is 2.51. The van der Waals surface area contributed by atoms with Gasteiger partial charge in [0, 0.05) is 32.0 Å². The van der Waals surface area contributed by atoms with Crippen molar-refractivity contribution in [1.29, 1.82) is 0 Å². The molecular weight excluding hydrogens is 470 g/mol. The number of esters is 2. The van der Waals surface area contributed by atoms with Crippen molar-refractivity contribution in [2.75, 3.05) is 18.6 Å². The Morgan fingerprint density at radius 2 is 1.82 bits per heavy atom. The number of nitrogens with two attached hydrogens (primary N) is 1. The van der Waals surface area contributed by atoms with E-state index in [0.717, 1.165) is 30.2 Å². The lowest BCUT2D eigenvalue weighted by atomic mass is 10.1. The van der Waals surface area contributed by atoms with Crippen LogP contribution in [0.25, 0.3) is 0 Å². The third-order valence-corrected chi connectivity index (χ3v) is 5.47. The quantitative estimate of drug-likeness (QED) is 0.391. The molecule has 1 aromatic heterocycles. The molecule has 2 heterocycles. The average Bonchev–Trinajstić information content (AvgIpc) is 3.04. The first-order chi connectivity index (χ1) is 15.9. The molecule has 184 valence electrons. The first kappa shape index (κ1) is 25.3. The number of ether oxygens (including phenoxy) is 3. The van der Waals surface area contributed by atoms with Crippen molar-refractivity contribution < 1.29 is 36.4 Å². The Hall–Kier alpha value is -3.29. The molecule has 1 aromatic carbocycles. The van der Waals surface area contributed by atoms with Crippen molar-refractivity contribution in [2.45, 2.75) is 44.8 Å².